The summed E-state index contributed by atoms with van der Waals surface area (Å²) in [6, 6.07) is 9.19. The van der Waals surface area contributed by atoms with Crippen LogP contribution in [-0.2, 0) is 6.54 Å². The first-order valence-corrected chi connectivity index (χ1v) is 7.78. The average Bonchev–Trinajstić information content (AvgIpc) is 3.14. The molecule has 0 aliphatic rings. The molecule has 9 nitrogen and oxygen atoms in total. The highest BCUT2D eigenvalue weighted by molar-refractivity contribution is 9.10. The lowest BCUT2D eigenvalue weighted by molar-refractivity contribution is -0.390. The van der Waals surface area contributed by atoms with Gasteiger partial charge in [0.15, 0.2) is 5.76 Å². The monoisotopic (exact) mass is 406 g/mol. The van der Waals surface area contributed by atoms with Crippen LogP contribution in [0.1, 0.15) is 16.3 Å². The van der Waals surface area contributed by atoms with Gasteiger partial charge in [0.25, 0.3) is 5.91 Å². The summed E-state index contributed by atoms with van der Waals surface area (Å²) in [6.07, 6.45) is 1.45. The summed E-state index contributed by atoms with van der Waals surface area (Å²) in [5.41, 5.74) is 0.426. The minimum absolute atomic E-state index is 0.0313. The van der Waals surface area contributed by atoms with Gasteiger partial charge in [-0.25, -0.2) is 0 Å². The molecule has 2 aromatic heterocycles. The Balaban J connectivity index is 1.70. The van der Waals surface area contributed by atoms with Crippen LogP contribution in [0.3, 0.4) is 0 Å². The molecule has 0 atom stereocenters. The number of hydrogen-bond acceptors (Lipinski definition) is 6. The van der Waals surface area contributed by atoms with Crippen molar-refractivity contribution in [1.82, 2.24) is 9.78 Å². The molecule has 1 amide bonds. The second-order valence-corrected chi connectivity index (χ2v) is 5.88. The standard InChI is InChI=1S/C15H11BrN4O5/c16-12-8-19(18-14(12)20(23)24)7-11-4-5-13(25-11)15(22)17-9-2-1-3-10(21)6-9/h1-6,8,21H,7H2,(H,17,22). The normalized spacial score (nSPS) is 10.6. The Hall–Kier alpha value is -3.14. The van der Waals surface area contributed by atoms with Gasteiger partial charge in [0, 0.05) is 11.8 Å². The summed E-state index contributed by atoms with van der Waals surface area (Å²) >= 11 is 3.06. The van der Waals surface area contributed by atoms with E-state index in [-0.39, 0.29) is 28.3 Å². The number of carbonyl (C=O) groups is 1. The number of amides is 1. The number of phenols is 1. The third-order valence-corrected chi connectivity index (χ3v) is 3.74. The number of carbonyl (C=O) groups excluding carboxylic acids is 1. The fraction of sp³-hybridized carbons (Fsp3) is 0.0667. The number of anilines is 1. The highest BCUT2D eigenvalue weighted by Gasteiger charge is 2.20. The number of furan rings is 1. The van der Waals surface area contributed by atoms with Crippen molar-refractivity contribution in [3.05, 3.63) is 68.7 Å². The summed E-state index contributed by atoms with van der Waals surface area (Å²) in [4.78, 5) is 22.3. The molecule has 0 spiro atoms. The zero-order valence-electron chi connectivity index (χ0n) is 12.5. The molecule has 0 radical (unpaired) electrons. The highest BCUT2D eigenvalue weighted by atomic mass is 79.9. The summed E-state index contributed by atoms with van der Waals surface area (Å²) < 4.78 is 7.03. The largest absolute Gasteiger partial charge is 0.508 e. The van der Waals surface area contributed by atoms with E-state index < -0.39 is 10.8 Å². The van der Waals surface area contributed by atoms with Crippen molar-refractivity contribution in [1.29, 1.82) is 0 Å². The molecule has 3 rings (SSSR count). The molecule has 128 valence electrons. The van der Waals surface area contributed by atoms with E-state index in [1.807, 2.05) is 0 Å². The lowest BCUT2D eigenvalue weighted by Gasteiger charge is -2.03. The molecule has 2 heterocycles. The molecule has 0 aliphatic heterocycles. The summed E-state index contributed by atoms with van der Waals surface area (Å²) in [6.45, 7) is 0.131. The smallest absolute Gasteiger partial charge is 0.404 e. The summed E-state index contributed by atoms with van der Waals surface area (Å²) in [7, 11) is 0. The first-order valence-electron chi connectivity index (χ1n) is 6.99. The minimum atomic E-state index is -0.600. The van der Waals surface area contributed by atoms with E-state index in [0.717, 1.165) is 0 Å². The lowest BCUT2D eigenvalue weighted by atomic mass is 10.3. The van der Waals surface area contributed by atoms with Crippen LogP contribution in [0.25, 0.3) is 0 Å². The minimum Gasteiger partial charge on any atom is -0.508 e. The van der Waals surface area contributed by atoms with Crippen molar-refractivity contribution >= 4 is 33.3 Å². The molecule has 2 N–H and O–H groups in total. The molecule has 1 aromatic carbocycles. The predicted octanol–water partition coefficient (Wildman–Crippen LogP) is 3.15. The third kappa shape index (κ3) is 3.86. The first-order chi connectivity index (χ1) is 11.9. The number of aromatic hydroxyl groups is 1. The number of benzene rings is 1. The van der Waals surface area contributed by atoms with Crippen molar-refractivity contribution in [3.8, 4) is 5.75 Å². The third-order valence-electron chi connectivity index (χ3n) is 3.18. The van der Waals surface area contributed by atoms with Crippen molar-refractivity contribution in [3.63, 3.8) is 0 Å². The van der Waals surface area contributed by atoms with Gasteiger partial charge in [-0.3, -0.25) is 4.79 Å². The van der Waals surface area contributed by atoms with Crippen LogP contribution in [0.2, 0.25) is 0 Å². The SMILES string of the molecule is O=C(Nc1cccc(O)c1)c1ccc(Cn2cc(Br)c([N+](=O)[O-])n2)o1. The molecule has 0 saturated carbocycles. The van der Waals surface area contributed by atoms with Crippen LogP contribution < -0.4 is 5.32 Å². The average molecular weight is 407 g/mol. The van der Waals surface area contributed by atoms with E-state index in [4.69, 9.17) is 4.42 Å². The second-order valence-electron chi connectivity index (χ2n) is 5.03. The van der Waals surface area contributed by atoms with E-state index in [1.165, 1.54) is 29.1 Å². The molecule has 0 unspecified atom stereocenters. The quantitative estimate of drug-likeness (QED) is 0.495. The summed E-state index contributed by atoms with van der Waals surface area (Å²) in [5.74, 6) is -0.272. The highest BCUT2D eigenvalue weighted by Crippen LogP contribution is 2.23. The molecule has 0 saturated heterocycles. The zero-order valence-corrected chi connectivity index (χ0v) is 14.1. The Bertz CT molecular complexity index is 949. The Morgan fingerprint density at radius 1 is 1.40 bits per heavy atom. The van der Waals surface area contributed by atoms with E-state index in [1.54, 1.807) is 18.2 Å². The predicted molar refractivity (Wildman–Crippen MR) is 90.5 cm³/mol. The van der Waals surface area contributed by atoms with Gasteiger partial charge in [0.1, 0.15) is 22.5 Å². The van der Waals surface area contributed by atoms with Gasteiger partial charge in [-0.05, 0) is 45.1 Å². The maximum absolute atomic E-state index is 12.1. The Labute approximate surface area is 149 Å². The van der Waals surface area contributed by atoms with E-state index in [2.05, 4.69) is 26.3 Å². The van der Waals surface area contributed by atoms with Crippen molar-refractivity contribution in [2.24, 2.45) is 0 Å². The number of hydrogen-bond donors (Lipinski definition) is 2. The molecule has 0 fully saturated rings. The summed E-state index contributed by atoms with van der Waals surface area (Å²) in [5, 5.41) is 26.6. The Morgan fingerprint density at radius 2 is 2.20 bits per heavy atom. The van der Waals surface area contributed by atoms with Gasteiger partial charge in [-0.2, -0.15) is 4.68 Å². The molecular weight excluding hydrogens is 396 g/mol. The van der Waals surface area contributed by atoms with E-state index in [9.17, 15) is 20.0 Å². The van der Waals surface area contributed by atoms with Crippen LogP contribution in [-0.4, -0.2) is 25.7 Å². The molecule has 25 heavy (non-hydrogen) atoms. The molecule has 0 aliphatic carbocycles. The first kappa shape index (κ1) is 16.7. The van der Waals surface area contributed by atoms with Crippen molar-refractivity contribution in [2.75, 3.05) is 5.32 Å². The van der Waals surface area contributed by atoms with Gasteiger partial charge in [-0.15, -0.1) is 0 Å². The molecular formula is C15H11BrN4O5. The van der Waals surface area contributed by atoms with E-state index >= 15 is 0 Å². The lowest BCUT2D eigenvalue weighted by Crippen LogP contribution is -2.10. The molecule has 3 aromatic rings. The number of nitrogens with one attached hydrogen (secondary N) is 1. The number of phenolic OH excluding ortho intramolecular Hbond substituents is 1. The maximum atomic E-state index is 12.1. The van der Waals surface area contributed by atoms with Crippen LogP contribution in [0, 0.1) is 10.1 Å². The number of halogens is 1. The van der Waals surface area contributed by atoms with Gasteiger partial charge in [-0.1, -0.05) is 6.07 Å². The van der Waals surface area contributed by atoms with Crippen LogP contribution in [0.4, 0.5) is 11.5 Å². The van der Waals surface area contributed by atoms with Crippen molar-refractivity contribution in [2.45, 2.75) is 6.54 Å². The topological polar surface area (TPSA) is 123 Å². The molecule has 10 heteroatoms. The van der Waals surface area contributed by atoms with Crippen molar-refractivity contribution < 1.29 is 19.2 Å². The molecule has 0 bridgehead atoms. The van der Waals surface area contributed by atoms with Gasteiger partial charge in [0.05, 0.1) is 11.3 Å². The van der Waals surface area contributed by atoms with Gasteiger partial charge in [0.2, 0.25) is 0 Å². The fourth-order valence-corrected chi connectivity index (χ4v) is 2.57. The Kier molecular flexibility index (Phi) is 4.52. The van der Waals surface area contributed by atoms with Crippen LogP contribution in [0.5, 0.6) is 5.75 Å². The van der Waals surface area contributed by atoms with Gasteiger partial charge < -0.3 is 25.0 Å². The van der Waals surface area contributed by atoms with Gasteiger partial charge >= 0.3 is 5.82 Å². The number of nitro groups is 1. The number of aromatic nitrogens is 2. The maximum Gasteiger partial charge on any atom is 0.404 e. The van der Waals surface area contributed by atoms with E-state index in [0.29, 0.717) is 11.4 Å². The Morgan fingerprint density at radius 3 is 2.88 bits per heavy atom. The number of nitrogens with zero attached hydrogens (tertiary/aromatic N) is 3. The van der Waals surface area contributed by atoms with Crippen LogP contribution in [0.15, 0.2) is 51.5 Å². The second kappa shape index (κ2) is 6.77. The zero-order chi connectivity index (χ0) is 18.0. The van der Waals surface area contributed by atoms with Crippen LogP contribution >= 0.6 is 15.9 Å². The fourth-order valence-electron chi connectivity index (χ4n) is 2.11. The number of rotatable bonds is 5.